The molecule has 1 aliphatic rings. The van der Waals surface area contributed by atoms with Gasteiger partial charge < -0.3 is 10.2 Å². The van der Waals surface area contributed by atoms with Gasteiger partial charge in [0.15, 0.2) is 5.96 Å². The van der Waals surface area contributed by atoms with E-state index >= 15 is 0 Å². The lowest BCUT2D eigenvalue weighted by atomic mass is 10.2. The van der Waals surface area contributed by atoms with E-state index in [0.29, 0.717) is 6.04 Å². The van der Waals surface area contributed by atoms with Crippen molar-refractivity contribution in [3.05, 3.63) is 17.0 Å². The second-order valence-electron chi connectivity index (χ2n) is 6.48. The van der Waals surface area contributed by atoms with Crippen LogP contribution in [0.1, 0.15) is 36.7 Å². The molecule has 1 aromatic heterocycles. The Labute approximate surface area is 140 Å². The van der Waals surface area contributed by atoms with E-state index in [1.165, 1.54) is 30.6 Å². The number of aromatic nitrogens is 2. The van der Waals surface area contributed by atoms with Gasteiger partial charge in [0.05, 0.1) is 5.69 Å². The molecule has 0 radical (unpaired) electrons. The third-order valence-electron chi connectivity index (χ3n) is 5.05. The van der Waals surface area contributed by atoms with Crippen LogP contribution in [-0.4, -0.2) is 65.3 Å². The van der Waals surface area contributed by atoms with Crippen molar-refractivity contribution in [3.63, 3.8) is 0 Å². The van der Waals surface area contributed by atoms with Gasteiger partial charge in [0.2, 0.25) is 0 Å². The first-order chi connectivity index (χ1) is 11.0. The summed E-state index contributed by atoms with van der Waals surface area (Å²) in [4.78, 5) is 9.27. The molecule has 130 valence electrons. The van der Waals surface area contributed by atoms with Gasteiger partial charge in [-0.3, -0.25) is 14.6 Å². The lowest BCUT2D eigenvalue weighted by molar-refractivity contribution is 0.232. The first-order valence-corrected chi connectivity index (χ1v) is 8.62. The first-order valence-electron chi connectivity index (χ1n) is 8.62. The average molecular weight is 320 g/mol. The maximum absolute atomic E-state index is 4.48. The number of aryl methyl sites for hydroxylation is 2. The quantitative estimate of drug-likeness (QED) is 0.660. The fraction of sp³-hybridized carbons (Fsp3) is 0.765. The number of nitrogens with zero attached hydrogens (tertiary/aromatic N) is 5. The van der Waals surface area contributed by atoms with Gasteiger partial charge in [0.1, 0.15) is 0 Å². The number of hydrogen-bond acceptors (Lipinski definition) is 3. The summed E-state index contributed by atoms with van der Waals surface area (Å²) in [5.74, 6) is 0.954. The van der Waals surface area contributed by atoms with E-state index in [9.17, 15) is 0 Å². The summed E-state index contributed by atoms with van der Waals surface area (Å²) in [6, 6.07) is 0.644. The summed E-state index contributed by atoms with van der Waals surface area (Å²) in [5, 5.41) is 7.97. The van der Waals surface area contributed by atoms with Crippen molar-refractivity contribution >= 4 is 5.96 Å². The monoisotopic (exact) mass is 320 g/mol. The third-order valence-corrected chi connectivity index (χ3v) is 5.05. The van der Waals surface area contributed by atoms with Crippen molar-refractivity contribution < 1.29 is 0 Å². The van der Waals surface area contributed by atoms with Crippen molar-refractivity contribution in [3.8, 4) is 0 Å². The van der Waals surface area contributed by atoms with Crippen LogP contribution in [0.5, 0.6) is 0 Å². The molecule has 1 aromatic rings. The van der Waals surface area contributed by atoms with Gasteiger partial charge in [-0.25, -0.2) is 0 Å². The van der Waals surface area contributed by atoms with Gasteiger partial charge in [-0.2, -0.15) is 5.10 Å². The number of guanidine groups is 1. The zero-order valence-electron chi connectivity index (χ0n) is 15.6. The van der Waals surface area contributed by atoms with Crippen LogP contribution in [0.4, 0.5) is 0 Å². The molecular formula is C17H32N6. The Morgan fingerprint density at radius 3 is 2.74 bits per heavy atom. The van der Waals surface area contributed by atoms with Gasteiger partial charge >= 0.3 is 0 Å². The molecule has 6 nitrogen and oxygen atoms in total. The standard InChI is InChI=1S/C17H32N6/c1-7-23-10-8-9-15(23)12-21(5)17(18-4)19-11-16-13(2)20-22(6)14(16)3/h15H,7-12H2,1-6H3,(H,18,19). The van der Waals surface area contributed by atoms with Crippen molar-refractivity contribution in [1.29, 1.82) is 0 Å². The maximum atomic E-state index is 4.48. The van der Waals surface area contributed by atoms with Crippen LogP contribution in [0, 0.1) is 13.8 Å². The molecular weight excluding hydrogens is 288 g/mol. The predicted octanol–water partition coefficient (Wildman–Crippen LogP) is 1.53. The summed E-state index contributed by atoms with van der Waals surface area (Å²) < 4.78 is 1.94. The van der Waals surface area contributed by atoms with Crippen molar-refractivity contribution in [1.82, 2.24) is 24.9 Å². The molecule has 1 unspecified atom stereocenters. The van der Waals surface area contributed by atoms with Crippen LogP contribution in [-0.2, 0) is 13.6 Å². The Bertz CT molecular complexity index is 548. The Kier molecular flexibility index (Phi) is 6.04. The van der Waals surface area contributed by atoms with Crippen LogP contribution >= 0.6 is 0 Å². The van der Waals surface area contributed by atoms with Crippen LogP contribution in [0.15, 0.2) is 4.99 Å². The molecule has 1 fully saturated rings. The van der Waals surface area contributed by atoms with Gasteiger partial charge in [-0.15, -0.1) is 0 Å². The van der Waals surface area contributed by atoms with E-state index in [0.717, 1.165) is 31.3 Å². The Morgan fingerprint density at radius 2 is 2.17 bits per heavy atom. The second-order valence-corrected chi connectivity index (χ2v) is 6.48. The lowest BCUT2D eigenvalue weighted by Crippen LogP contribution is -2.45. The topological polar surface area (TPSA) is 48.7 Å². The minimum atomic E-state index is 0.644. The molecule has 1 N–H and O–H groups in total. The number of likely N-dealkylation sites (tertiary alicyclic amines) is 1. The molecule has 23 heavy (non-hydrogen) atoms. The number of likely N-dealkylation sites (N-methyl/N-ethyl adjacent to an activating group) is 2. The van der Waals surface area contributed by atoms with E-state index in [1.807, 2.05) is 18.8 Å². The van der Waals surface area contributed by atoms with E-state index in [-0.39, 0.29) is 0 Å². The van der Waals surface area contributed by atoms with Gasteiger partial charge in [-0.1, -0.05) is 6.92 Å². The van der Waals surface area contributed by atoms with E-state index in [4.69, 9.17) is 0 Å². The average Bonchev–Trinajstić information content (AvgIpc) is 3.06. The maximum Gasteiger partial charge on any atom is 0.193 e. The molecule has 6 heteroatoms. The Hall–Kier alpha value is -1.56. The zero-order chi connectivity index (χ0) is 17.0. The van der Waals surface area contributed by atoms with Gasteiger partial charge in [0, 0.05) is 51.5 Å². The number of rotatable bonds is 5. The smallest absolute Gasteiger partial charge is 0.193 e. The molecule has 2 rings (SSSR count). The highest BCUT2D eigenvalue weighted by Gasteiger charge is 2.25. The highest BCUT2D eigenvalue weighted by atomic mass is 15.3. The molecule has 1 aliphatic heterocycles. The van der Waals surface area contributed by atoms with Gasteiger partial charge in [0.25, 0.3) is 0 Å². The predicted molar refractivity (Wildman–Crippen MR) is 95.8 cm³/mol. The van der Waals surface area contributed by atoms with E-state index < -0.39 is 0 Å². The number of nitrogens with one attached hydrogen (secondary N) is 1. The van der Waals surface area contributed by atoms with Gasteiger partial charge in [-0.05, 0) is 39.8 Å². The summed E-state index contributed by atoms with van der Waals surface area (Å²) in [5.41, 5.74) is 3.56. The Balaban J connectivity index is 1.94. The van der Waals surface area contributed by atoms with Crippen LogP contribution in [0.2, 0.25) is 0 Å². The minimum absolute atomic E-state index is 0.644. The van der Waals surface area contributed by atoms with Crippen LogP contribution < -0.4 is 5.32 Å². The summed E-state index contributed by atoms with van der Waals surface area (Å²) >= 11 is 0. The van der Waals surface area contributed by atoms with Crippen LogP contribution in [0.25, 0.3) is 0 Å². The molecule has 1 atom stereocenters. The fourth-order valence-electron chi connectivity index (χ4n) is 3.55. The zero-order valence-corrected chi connectivity index (χ0v) is 15.6. The highest BCUT2D eigenvalue weighted by molar-refractivity contribution is 5.79. The summed E-state index contributed by atoms with van der Waals surface area (Å²) in [6.07, 6.45) is 2.60. The molecule has 0 saturated carbocycles. The molecule has 1 saturated heterocycles. The minimum Gasteiger partial charge on any atom is -0.352 e. The van der Waals surface area contributed by atoms with Crippen molar-refractivity contribution in [2.75, 3.05) is 33.7 Å². The second kappa shape index (κ2) is 7.81. The van der Waals surface area contributed by atoms with Crippen LogP contribution in [0.3, 0.4) is 0 Å². The largest absolute Gasteiger partial charge is 0.352 e. The summed E-state index contributed by atoms with van der Waals surface area (Å²) in [6.45, 7) is 10.6. The SMILES string of the molecule is CCN1CCCC1CN(C)C(=NC)NCc1c(C)nn(C)c1C. The first kappa shape index (κ1) is 17.8. The Morgan fingerprint density at radius 1 is 1.43 bits per heavy atom. The third kappa shape index (κ3) is 4.05. The highest BCUT2D eigenvalue weighted by Crippen LogP contribution is 2.17. The van der Waals surface area contributed by atoms with Crippen molar-refractivity contribution in [2.24, 2.45) is 12.0 Å². The van der Waals surface area contributed by atoms with E-state index in [2.05, 4.69) is 53.0 Å². The molecule has 0 bridgehead atoms. The number of aliphatic imine (C=N–C) groups is 1. The normalized spacial score (nSPS) is 19.4. The molecule has 2 heterocycles. The van der Waals surface area contributed by atoms with Crippen molar-refractivity contribution in [2.45, 2.75) is 46.2 Å². The fourth-order valence-corrected chi connectivity index (χ4v) is 3.55. The van der Waals surface area contributed by atoms with E-state index in [1.54, 1.807) is 0 Å². The summed E-state index contributed by atoms with van der Waals surface area (Å²) in [7, 11) is 5.98. The number of hydrogen-bond donors (Lipinski definition) is 1. The molecule has 0 aromatic carbocycles. The lowest BCUT2D eigenvalue weighted by Gasteiger charge is -2.29. The molecule has 0 amide bonds. The molecule has 0 aliphatic carbocycles. The molecule has 0 spiro atoms.